The fourth-order valence-electron chi connectivity index (χ4n) is 1.64. The molecule has 1 amide bonds. The Morgan fingerprint density at radius 3 is 2.69 bits per heavy atom. The van der Waals surface area contributed by atoms with Crippen molar-refractivity contribution in [3.05, 3.63) is 35.9 Å². The van der Waals surface area contributed by atoms with Crippen molar-refractivity contribution in [2.45, 2.75) is 12.3 Å². The number of amides is 1. The van der Waals surface area contributed by atoms with Crippen LogP contribution in [0.15, 0.2) is 30.3 Å². The van der Waals surface area contributed by atoms with Crippen molar-refractivity contribution >= 4 is 5.91 Å². The zero-order valence-corrected chi connectivity index (χ0v) is 7.10. The van der Waals surface area contributed by atoms with Crippen molar-refractivity contribution in [2.24, 2.45) is 5.92 Å². The number of carbonyl (C=O) groups is 1. The third-order valence-electron chi connectivity index (χ3n) is 2.47. The van der Waals surface area contributed by atoms with Gasteiger partial charge in [-0.1, -0.05) is 30.3 Å². The number of hydrogen-bond acceptors (Lipinski definition) is 2. The minimum Gasteiger partial charge on any atom is -0.289 e. The molecule has 1 aromatic rings. The van der Waals surface area contributed by atoms with E-state index in [-0.39, 0.29) is 11.8 Å². The Bertz CT molecular complexity index is 310. The van der Waals surface area contributed by atoms with E-state index in [4.69, 9.17) is 5.21 Å². The predicted octanol–water partition coefficient (Wildman–Crippen LogP) is 1.30. The van der Waals surface area contributed by atoms with Crippen molar-refractivity contribution < 1.29 is 10.0 Å². The fraction of sp³-hybridized carbons (Fsp3) is 0.300. The van der Waals surface area contributed by atoms with Gasteiger partial charge < -0.3 is 0 Å². The maximum absolute atomic E-state index is 11.0. The van der Waals surface area contributed by atoms with Gasteiger partial charge in [0.1, 0.15) is 0 Å². The summed E-state index contributed by atoms with van der Waals surface area (Å²) in [6.45, 7) is 0. The first-order valence-corrected chi connectivity index (χ1v) is 4.32. The van der Waals surface area contributed by atoms with Crippen molar-refractivity contribution in [1.29, 1.82) is 0 Å². The zero-order valence-electron chi connectivity index (χ0n) is 7.10. The second-order valence-corrected chi connectivity index (χ2v) is 3.34. The minimum absolute atomic E-state index is 0.0348. The van der Waals surface area contributed by atoms with E-state index < -0.39 is 0 Å². The predicted molar refractivity (Wildman–Crippen MR) is 47.2 cm³/mol. The fourth-order valence-corrected chi connectivity index (χ4v) is 1.64. The molecule has 0 saturated heterocycles. The number of nitrogens with one attached hydrogen (secondary N) is 1. The third-order valence-corrected chi connectivity index (χ3v) is 2.47. The van der Waals surface area contributed by atoms with Gasteiger partial charge in [-0.3, -0.25) is 10.0 Å². The van der Waals surface area contributed by atoms with Crippen LogP contribution in [0.3, 0.4) is 0 Å². The van der Waals surface area contributed by atoms with Gasteiger partial charge in [-0.25, -0.2) is 5.48 Å². The first kappa shape index (κ1) is 8.26. The SMILES string of the molecule is O=C(NO)[C@H]1C[C@H]1c1ccccc1. The van der Waals surface area contributed by atoms with E-state index >= 15 is 0 Å². The molecule has 0 aliphatic heterocycles. The minimum atomic E-state index is -0.270. The van der Waals surface area contributed by atoms with E-state index in [1.165, 1.54) is 5.56 Å². The van der Waals surface area contributed by atoms with Gasteiger partial charge in [0, 0.05) is 5.92 Å². The normalized spacial score (nSPS) is 25.3. The van der Waals surface area contributed by atoms with Crippen LogP contribution in [0.25, 0.3) is 0 Å². The molecule has 0 bridgehead atoms. The van der Waals surface area contributed by atoms with E-state index in [9.17, 15) is 4.79 Å². The molecule has 2 N–H and O–H groups in total. The molecular weight excluding hydrogens is 166 g/mol. The van der Waals surface area contributed by atoms with E-state index in [1.54, 1.807) is 5.48 Å². The molecule has 1 aromatic carbocycles. The van der Waals surface area contributed by atoms with Gasteiger partial charge in [-0.2, -0.15) is 0 Å². The molecule has 0 radical (unpaired) electrons. The molecule has 1 fully saturated rings. The number of benzene rings is 1. The van der Waals surface area contributed by atoms with Crippen LogP contribution in [0.4, 0.5) is 0 Å². The first-order valence-electron chi connectivity index (χ1n) is 4.32. The molecule has 3 heteroatoms. The Labute approximate surface area is 76.3 Å². The lowest BCUT2D eigenvalue weighted by atomic mass is 10.1. The van der Waals surface area contributed by atoms with Crippen molar-refractivity contribution in [3.8, 4) is 0 Å². The molecule has 2 atom stereocenters. The number of rotatable bonds is 2. The van der Waals surface area contributed by atoms with Gasteiger partial charge in [-0.15, -0.1) is 0 Å². The summed E-state index contributed by atoms with van der Waals surface area (Å²) in [5.41, 5.74) is 2.86. The lowest BCUT2D eigenvalue weighted by Gasteiger charge is -1.98. The largest absolute Gasteiger partial charge is 0.289 e. The first-order chi connectivity index (χ1) is 6.33. The van der Waals surface area contributed by atoms with E-state index in [0.29, 0.717) is 5.92 Å². The molecule has 1 aliphatic carbocycles. The maximum Gasteiger partial charge on any atom is 0.247 e. The molecular formula is C10H11NO2. The second kappa shape index (κ2) is 3.18. The van der Waals surface area contributed by atoms with E-state index in [0.717, 1.165) is 6.42 Å². The highest BCUT2D eigenvalue weighted by atomic mass is 16.5. The summed E-state index contributed by atoms with van der Waals surface area (Å²) in [5, 5.41) is 8.41. The Kier molecular flexibility index (Phi) is 2.02. The molecule has 68 valence electrons. The van der Waals surface area contributed by atoms with Crippen LogP contribution in [0, 0.1) is 5.92 Å². The molecule has 0 spiro atoms. The van der Waals surface area contributed by atoms with E-state index in [1.807, 2.05) is 30.3 Å². The summed E-state index contributed by atoms with van der Waals surface area (Å²) in [6, 6.07) is 9.89. The quantitative estimate of drug-likeness (QED) is 0.528. The van der Waals surface area contributed by atoms with Gasteiger partial charge in [0.25, 0.3) is 0 Å². The summed E-state index contributed by atoms with van der Waals surface area (Å²) in [7, 11) is 0. The van der Waals surface area contributed by atoms with Gasteiger partial charge in [0.2, 0.25) is 5.91 Å². The smallest absolute Gasteiger partial charge is 0.247 e. The van der Waals surface area contributed by atoms with Crippen molar-refractivity contribution in [3.63, 3.8) is 0 Å². The topological polar surface area (TPSA) is 49.3 Å². The van der Waals surface area contributed by atoms with E-state index in [2.05, 4.69) is 0 Å². The van der Waals surface area contributed by atoms with Gasteiger partial charge >= 0.3 is 0 Å². The number of hydrogen-bond donors (Lipinski definition) is 2. The summed E-state index contributed by atoms with van der Waals surface area (Å²) >= 11 is 0. The molecule has 0 aromatic heterocycles. The lowest BCUT2D eigenvalue weighted by Crippen LogP contribution is -2.20. The van der Waals surface area contributed by atoms with Crippen LogP contribution in [0.1, 0.15) is 17.9 Å². The van der Waals surface area contributed by atoms with Crippen LogP contribution in [0.5, 0.6) is 0 Å². The second-order valence-electron chi connectivity index (χ2n) is 3.34. The summed E-state index contributed by atoms with van der Waals surface area (Å²) in [5.74, 6) is -0.00500. The average Bonchev–Trinajstić information content (AvgIpc) is 2.98. The van der Waals surface area contributed by atoms with Gasteiger partial charge in [-0.05, 0) is 17.9 Å². The maximum atomic E-state index is 11.0. The van der Waals surface area contributed by atoms with Crippen LogP contribution in [0.2, 0.25) is 0 Å². The Morgan fingerprint density at radius 2 is 2.08 bits per heavy atom. The Morgan fingerprint density at radius 1 is 1.38 bits per heavy atom. The molecule has 2 rings (SSSR count). The van der Waals surface area contributed by atoms with Crippen molar-refractivity contribution in [2.75, 3.05) is 0 Å². The van der Waals surface area contributed by atoms with Gasteiger partial charge in [0.15, 0.2) is 0 Å². The molecule has 0 heterocycles. The summed E-state index contributed by atoms with van der Waals surface area (Å²) in [6.07, 6.45) is 0.844. The lowest BCUT2D eigenvalue weighted by molar-refractivity contribution is -0.130. The standard InChI is InChI=1S/C10H11NO2/c12-10(11-13)9-6-8(9)7-4-2-1-3-5-7/h1-5,8-9,13H,6H2,(H,11,12)/t8-,9-/m0/s1. The molecule has 1 saturated carbocycles. The van der Waals surface area contributed by atoms with Crippen molar-refractivity contribution in [1.82, 2.24) is 5.48 Å². The number of carbonyl (C=O) groups excluding carboxylic acids is 1. The summed E-state index contributed by atoms with van der Waals surface area (Å²) in [4.78, 5) is 11.0. The average molecular weight is 177 g/mol. The molecule has 1 aliphatic rings. The van der Waals surface area contributed by atoms with Crippen LogP contribution in [-0.4, -0.2) is 11.1 Å². The van der Waals surface area contributed by atoms with Gasteiger partial charge in [0.05, 0.1) is 0 Å². The molecule has 13 heavy (non-hydrogen) atoms. The Hall–Kier alpha value is -1.35. The van der Waals surface area contributed by atoms with Crippen LogP contribution in [-0.2, 0) is 4.79 Å². The highest BCUT2D eigenvalue weighted by Crippen LogP contribution is 2.47. The van der Waals surface area contributed by atoms with Crippen LogP contribution < -0.4 is 5.48 Å². The molecule has 0 unspecified atom stereocenters. The molecule has 3 nitrogen and oxygen atoms in total. The number of hydroxylamine groups is 1. The third kappa shape index (κ3) is 1.55. The zero-order chi connectivity index (χ0) is 9.26. The van der Waals surface area contributed by atoms with Crippen LogP contribution >= 0.6 is 0 Å². The monoisotopic (exact) mass is 177 g/mol. The highest BCUT2D eigenvalue weighted by molar-refractivity contribution is 5.81. The summed E-state index contributed by atoms with van der Waals surface area (Å²) < 4.78 is 0. The highest BCUT2D eigenvalue weighted by Gasteiger charge is 2.43. The Balaban J connectivity index is 2.04.